The topological polar surface area (TPSA) is 129 Å². The van der Waals surface area contributed by atoms with Crippen LogP contribution in [0.25, 0.3) is 12.2 Å². The fourth-order valence-electron chi connectivity index (χ4n) is 3.22. The first-order chi connectivity index (χ1) is 16.2. The molecule has 0 aliphatic heterocycles. The van der Waals surface area contributed by atoms with E-state index in [1.807, 2.05) is 0 Å². The van der Waals surface area contributed by atoms with Crippen LogP contribution in [0, 0.1) is 0 Å². The van der Waals surface area contributed by atoms with Crippen molar-refractivity contribution in [2.75, 3.05) is 38.9 Å². The predicted molar refractivity (Wildman–Crippen MR) is 131 cm³/mol. The number of aromatic hydroxyl groups is 1. The Hall–Kier alpha value is -4.05. The second-order valence-corrected chi connectivity index (χ2v) is 8.73. The highest BCUT2D eigenvalue weighted by Crippen LogP contribution is 2.41. The number of hydrogen-bond acceptors (Lipinski definition) is 8. The number of hydrogen-bond donors (Lipinski definition) is 3. The van der Waals surface area contributed by atoms with E-state index in [4.69, 9.17) is 24.7 Å². The van der Waals surface area contributed by atoms with Gasteiger partial charge in [-0.2, -0.15) is 0 Å². The summed E-state index contributed by atoms with van der Waals surface area (Å²) in [5, 5.41) is 10.7. The van der Waals surface area contributed by atoms with Gasteiger partial charge in [0.2, 0.25) is 5.75 Å². The number of nitrogens with two attached hydrogens (primary N) is 1. The lowest BCUT2D eigenvalue weighted by Crippen LogP contribution is -2.14. The van der Waals surface area contributed by atoms with Crippen molar-refractivity contribution in [2.24, 2.45) is 0 Å². The lowest BCUT2D eigenvalue weighted by Gasteiger charge is -2.15. The van der Waals surface area contributed by atoms with Gasteiger partial charge in [0.1, 0.15) is 5.69 Å². The highest BCUT2D eigenvalue weighted by molar-refractivity contribution is 7.92. The molecule has 3 aromatic rings. The molecule has 3 rings (SSSR count). The zero-order valence-corrected chi connectivity index (χ0v) is 20.0. The fourth-order valence-corrected chi connectivity index (χ4v) is 4.32. The number of sulfonamides is 1. The zero-order chi connectivity index (χ0) is 24.9. The average molecular weight is 487 g/mol. The molecule has 0 fully saturated rings. The minimum Gasteiger partial charge on any atom is -0.503 e. The Morgan fingerprint density at radius 2 is 1.41 bits per heavy atom. The fraction of sp³-hybridized carbons (Fsp3) is 0.167. The first kappa shape index (κ1) is 24.6. The van der Waals surface area contributed by atoms with Crippen molar-refractivity contribution in [3.8, 4) is 28.7 Å². The maximum absolute atomic E-state index is 13.0. The Kier molecular flexibility index (Phi) is 7.42. The van der Waals surface area contributed by atoms with Crippen LogP contribution in [0.3, 0.4) is 0 Å². The lowest BCUT2D eigenvalue weighted by molar-refractivity contribution is 0.324. The first-order valence-corrected chi connectivity index (χ1v) is 11.5. The monoisotopic (exact) mass is 486 g/mol. The minimum absolute atomic E-state index is 0.0107. The maximum atomic E-state index is 13.0. The van der Waals surface area contributed by atoms with Gasteiger partial charge < -0.3 is 29.8 Å². The van der Waals surface area contributed by atoms with Gasteiger partial charge in [-0.1, -0.05) is 12.2 Å². The summed E-state index contributed by atoms with van der Waals surface area (Å²) in [5.74, 6) is 1.13. The van der Waals surface area contributed by atoms with Gasteiger partial charge in [-0.3, -0.25) is 4.72 Å². The molecule has 0 spiro atoms. The number of phenols is 1. The van der Waals surface area contributed by atoms with Gasteiger partial charge in [0, 0.05) is 11.3 Å². The second-order valence-electron chi connectivity index (χ2n) is 7.05. The van der Waals surface area contributed by atoms with Crippen molar-refractivity contribution in [3.05, 3.63) is 59.7 Å². The summed E-state index contributed by atoms with van der Waals surface area (Å²) in [6, 6.07) is 12.3. The highest BCUT2D eigenvalue weighted by atomic mass is 32.2. The molecular weight excluding hydrogens is 460 g/mol. The third kappa shape index (κ3) is 5.12. The molecule has 3 aromatic carbocycles. The molecule has 0 amide bonds. The van der Waals surface area contributed by atoms with Crippen LogP contribution in [0.5, 0.6) is 28.7 Å². The summed E-state index contributed by atoms with van der Waals surface area (Å²) in [6.45, 7) is 0. The van der Waals surface area contributed by atoms with Crippen LogP contribution < -0.4 is 29.4 Å². The Labute approximate surface area is 198 Å². The van der Waals surface area contributed by atoms with E-state index in [1.165, 1.54) is 58.8 Å². The molecule has 0 aromatic heterocycles. The molecule has 34 heavy (non-hydrogen) atoms. The molecule has 180 valence electrons. The molecule has 0 aliphatic carbocycles. The van der Waals surface area contributed by atoms with Gasteiger partial charge in [-0.25, -0.2) is 8.42 Å². The van der Waals surface area contributed by atoms with Crippen molar-refractivity contribution in [3.63, 3.8) is 0 Å². The Balaban J connectivity index is 2.05. The van der Waals surface area contributed by atoms with Crippen LogP contribution >= 0.6 is 0 Å². The lowest BCUT2D eigenvalue weighted by atomic mass is 10.1. The SMILES string of the molecule is COc1ccc(/C=C\c2cc(OC)c(OC)c(OC)c2)c(NS(=O)(=O)c2ccc(N)cc2)c1O. The van der Waals surface area contributed by atoms with Crippen LogP contribution in [-0.4, -0.2) is 42.0 Å². The summed E-state index contributed by atoms with van der Waals surface area (Å²) in [6.07, 6.45) is 3.35. The molecule has 0 atom stereocenters. The van der Waals surface area contributed by atoms with Gasteiger partial charge >= 0.3 is 0 Å². The third-order valence-electron chi connectivity index (χ3n) is 4.96. The number of phenolic OH excluding ortho intramolecular Hbond substituents is 1. The second kappa shape index (κ2) is 10.3. The largest absolute Gasteiger partial charge is 0.503 e. The number of nitrogen functional groups attached to an aromatic ring is 1. The smallest absolute Gasteiger partial charge is 0.262 e. The van der Waals surface area contributed by atoms with E-state index in [2.05, 4.69) is 4.72 Å². The van der Waals surface area contributed by atoms with E-state index in [-0.39, 0.29) is 22.1 Å². The third-order valence-corrected chi connectivity index (χ3v) is 6.33. The summed E-state index contributed by atoms with van der Waals surface area (Å²) < 4.78 is 49.6. The number of ether oxygens (including phenoxy) is 4. The van der Waals surface area contributed by atoms with Gasteiger partial charge in [-0.15, -0.1) is 0 Å². The van der Waals surface area contributed by atoms with E-state index < -0.39 is 10.0 Å². The van der Waals surface area contributed by atoms with Crippen LogP contribution in [-0.2, 0) is 10.0 Å². The molecule has 10 heteroatoms. The Morgan fingerprint density at radius 3 is 1.94 bits per heavy atom. The molecule has 0 saturated heterocycles. The van der Waals surface area contributed by atoms with Gasteiger partial charge in [0.25, 0.3) is 10.0 Å². The molecule has 4 N–H and O–H groups in total. The van der Waals surface area contributed by atoms with Gasteiger partial charge in [-0.05, 0) is 54.1 Å². The molecule has 0 radical (unpaired) electrons. The van der Waals surface area contributed by atoms with Crippen molar-refractivity contribution >= 4 is 33.6 Å². The van der Waals surface area contributed by atoms with Crippen molar-refractivity contribution in [2.45, 2.75) is 4.90 Å². The Bertz CT molecular complexity index is 1280. The Morgan fingerprint density at radius 1 is 0.824 bits per heavy atom. The maximum Gasteiger partial charge on any atom is 0.262 e. The molecular formula is C24H26N2O7S. The van der Waals surface area contributed by atoms with Crippen LogP contribution in [0.2, 0.25) is 0 Å². The van der Waals surface area contributed by atoms with E-state index in [9.17, 15) is 13.5 Å². The quantitative estimate of drug-likeness (QED) is 0.235. The molecule has 9 nitrogen and oxygen atoms in total. The molecule has 0 saturated carbocycles. The van der Waals surface area contributed by atoms with Crippen molar-refractivity contribution < 1.29 is 32.5 Å². The van der Waals surface area contributed by atoms with Gasteiger partial charge in [0.05, 0.1) is 33.3 Å². The number of nitrogens with one attached hydrogen (secondary N) is 1. The summed E-state index contributed by atoms with van der Waals surface area (Å²) >= 11 is 0. The van der Waals surface area contributed by atoms with Crippen molar-refractivity contribution in [1.82, 2.24) is 0 Å². The van der Waals surface area contributed by atoms with Crippen LogP contribution in [0.15, 0.2) is 53.4 Å². The predicted octanol–water partition coefficient (Wildman–Crippen LogP) is 3.98. The highest BCUT2D eigenvalue weighted by Gasteiger charge is 2.20. The number of benzene rings is 3. The van der Waals surface area contributed by atoms with E-state index in [1.54, 1.807) is 30.4 Å². The number of rotatable bonds is 9. The minimum atomic E-state index is -4.02. The number of methoxy groups -OCH3 is 4. The molecule has 0 bridgehead atoms. The van der Waals surface area contributed by atoms with E-state index >= 15 is 0 Å². The van der Waals surface area contributed by atoms with Crippen LogP contribution in [0.1, 0.15) is 11.1 Å². The van der Waals surface area contributed by atoms with Gasteiger partial charge in [0.15, 0.2) is 23.0 Å². The average Bonchev–Trinajstić information content (AvgIpc) is 2.83. The molecule has 0 unspecified atom stereocenters. The molecule has 0 aliphatic rings. The van der Waals surface area contributed by atoms with E-state index in [0.29, 0.717) is 34.1 Å². The zero-order valence-electron chi connectivity index (χ0n) is 19.2. The molecule has 0 heterocycles. The summed E-state index contributed by atoms with van der Waals surface area (Å²) in [5.41, 5.74) is 7.13. The summed E-state index contributed by atoms with van der Waals surface area (Å²) in [4.78, 5) is -0.0107. The number of anilines is 2. The van der Waals surface area contributed by atoms with E-state index in [0.717, 1.165) is 0 Å². The first-order valence-electron chi connectivity index (χ1n) is 10.0. The van der Waals surface area contributed by atoms with Crippen molar-refractivity contribution in [1.29, 1.82) is 0 Å². The summed E-state index contributed by atoms with van der Waals surface area (Å²) in [7, 11) is 1.88. The standard InChI is InChI=1S/C24H26N2O7S/c1-30-19-12-7-16(6-5-15-13-20(31-2)24(33-4)21(14-15)32-3)22(23(19)27)26-34(28,29)18-10-8-17(25)9-11-18/h5-14,26-27H,25H2,1-4H3/b6-5-. The normalized spacial score (nSPS) is 11.3. The van der Waals surface area contributed by atoms with Crippen LogP contribution in [0.4, 0.5) is 11.4 Å².